The molecule has 1 saturated heterocycles. The lowest BCUT2D eigenvalue weighted by atomic mass is 10.0. The SMILES string of the molecule is COC(=O)C1CCCN(S(=O)(=O)c2ccc(NCc3cccc4ccccc34)cc2)C1. The molecule has 4 rings (SSSR count). The highest BCUT2D eigenvalue weighted by molar-refractivity contribution is 7.89. The van der Waals surface area contributed by atoms with Crippen LogP contribution in [0.2, 0.25) is 0 Å². The Kier molecular flexibility index (Phi) is 6.25. The fraction of sp³-hybridized carbons (Fsp3) is 0.292. The molecule has 0 radical (unpaired) electrons. The van der Waals surface area contributed by atoms with Crippen molar-refractivity contribution in [2.75, 3.05) is 25.5 Å². The molecule has 0 amide bonds. The number of methoxy groups -OCH3 is 1. The average molecular weight is 439 g/mol. The third-order valence-electron chi connectivity index (χ3n) is 5.77. The van der Waals surface area contributed by atoms with Crippen molar-refractivity contribution >= 4 is 32.5 Å². The van der Waals surface area contributed by atoms with Gasteiger partial charge in [0, 0.05) is 25.3 Å². The van der Waals surface area contributed by atoms with Crippen molar-refractivity contribution in [2.24, 2.45) is 5.92 Å². The van der Waals surface area contributed by atoms with Gasteiger partial charge in [0.1, 0.15) is 0 Å². The predicted molar refractivity (Wildman–Crippen MR) is 121 cm³/mol. The molecule has 0 spiro atoms. The molecule has 0 saturated carbocycles. The van der Waals surface area contributed by atoms with Gasteiger partial charge in [0.05, 0.1) is 17.9 Å². The van der Waals surface area contributed by atoms with E-state index in [0.29, 0.717) is 25.9 Å². The third-order valence-corrected chi connectivity index (χ3v) is 7.65. The van der Waals surface area contributed by atoms with Gasteiger partial charge in [0.25, 0.3) is 0 Å². The summed E-state index contributed by atoms with van der Waals surface area (Å²) in [5, 5.41) is 5.76. The van der Waals surface area contributed by atoms with Gasteiger partial charge in [-0.2, -0.15) is 4.31 Å². The molecule has 1 N–H and O–H groups in total. The van der Waals surface area contributed by atoms with E-state index in [4.69, 9.17) is 4.74 Å². The monoisotopic (exact) mass is 438 g/mol. The van der Waals surface area contributed by atoms with Crippen molar-refractivity contribution in [3.8, 4) is 0 Å². The van der Waals surface area contributed by atoms with Crippen molar-refractivity contribution in [3.63, 3.8) is 0 Å². The molecule has 31 heavy (non-hydrogen) atoms. The van der Waals surface area contributed by atoms with Crippen LogP contribution in [0.4, 0.5) is 5.69 Å². The Bertz CT molecular complexity index is 1170. The molecule has 0 aliphatic carbocycles. The van der Waals surface area contributed by atoms with E-state index in [0.717, 1.165) is 5.69 Å². The number of nitrogens with one attached hydrogen (secondary N) is 1. The Labute approximate surface area is 182 Å². The maximum Gasteiger partial charge on any atom is 0.309 e. The van der Waals surface area contributed by atoms with Crippen LogP contribution in [0.15, 0.2) is 71.6 Å². The van der Waals surface area contributed by atoms with Crippen molar-refractivity contribution < 1.29 is 17.9 Å². The minimum Gasteiger partial charge on any atom is -0.469 e. The summed E-state index contributed by atoms with van der Waals surface area (Å²) in [6, 6.07) is 21.2. The van der Waals surface area contributed by atoms with Gasteiger partial charge in [-0.3, -0.25) is 4.79 Å². The van der Waals surface area contributed by atoms with E-state index in [1.165, 1.54) is 27.8 Å². The summed E-state index contributed by atoms with van der Waals surface area (Å²) < 4.78 is 32.2. The van der Waals surface area contributed by atoms with Crippen LogP contribution in [0.5, 0.6) is 0 Å². The number of ether oxygens (including phenoxy) is 1. The molecule has 1 fully saturated rings. The molecule has 162 valence electrons. The first-order chi connectivity index (χ1) is 15.0. The van der Waals surface area contributed by atoms with Crippen molar-refractivity contribution in [1.29, 1.82) is 0 Å². The molecule has 1 atom stereocenters. The summed E-state index contributed by atoms with van der Waals surface area (Å²) in [6.45, 7) is 1.22. The van der Waals surface area contributed by atoms with Gasteiger partial charge in [-0.05, 0) is 53.4 Å². The number of esters is 1. The molecule has 1 aliphatic heterocycles. The van der Waals surface area contributed by atoms with E-state index in [-0.39, 0.29) is 17.4 Å². The van der Waals surface area contributed by atoms with E-state index < -0.39 is 15.9 Å². The van der Waals surface area contributed by atoms with Crippen LogP contribution in [0.3, 0.4) is 0 Å². The fourth-order valence-electron chi connectivity index (χ4n) is 4.06. The lowest BCUT2D eigenvalue weighted by molar-refractivity contribution is -0.146. The number of carbonyl (C=O) groups is 1. The van der Waals surface area contributed by atoms with E-state index in [1.807, 2.05) is 18.2 Å². The Morgan fingerprint density at radius 3 is 2.58 bits per heavy atom. The second-order valence-corrected chi connectivity index (χ2v) is 9.68. The summed E-state index contributed by atoms with van der Waals surface area (Å²) in [4.78, 5) is 12.1. The fourth-order valence-corrected chi connectivity index (χ4v) is 5.58. The summed E-state index contributed by atoms with van der Waals surface area (Å²) in [5.74, 6) is -0.761. The average Bonchev–Trinajstić information content (AvgIpc) is 2.82. The quantitative estimate of drug-likeness (QED) is 0.588. The third kappa shape index (κ3) is 4.57. The van der Waals surface area contributed by atoms with Crippen molar-refractivity contribution in [2.45, 2.75) is 24.3 Å². The van der Waals surface area contributed by atoms with Crippen molar-refractivity contribution in [3.05, 3.63) is 72.3 Å². The van der Waals surface area contributed by atoms with Crippen molar-refractivity contribution in [1.82, 2.24) is 4.31 Å². The number of anilines is 1. The lowest BCUT2D eigenvalue weighted by Gasteiger charge is -2.30. The number of fused-ring (bicyclic) bond motifs is 1. The lowest BCUT2D eigenvalue weighted by Crippen LogP contribution is -2.42. The number of hydrogen-bond acceptors (Lipinski definition) is 5. The zero-order valence-corrected chi connectivity index (χ0v) is 18.3. The normalized spacial score (nSPS) is 17.4. The Hall–Kier alpha value is -2.90. The summed E-state index contributed by atoms with van der Waals surface area (Å²) >= 11 is 0. The van der Waals surface area contributed by atoms with Crippen LogP contribution in [0.25, 0.3) is 10.8 Å². The smallest absolute Gasteiger partial charge is 0.309 e. The second kappa shape index (κ2) is 9.08. The first-order valence-corrected chi connectivity index (χ1v) is 11.8. The molecule has 6 nitrogen and oxygen atoms in total. The Morgan fingerprint density at radius 2 is 1.81 bits per heavy atom. The number of sulfonamides is 1. The number of rotatable bonds is 6. The van der Waals surface area contributed by atoms with Crippen LogP contribution in [-0.4, -0.2) is 38.9 Å². The van der Waals surface area contributed by atoms with Crippen LogP contribution in [0, 0.1) is 5.92 Å². The summed E-state index contributed by atoms with van der Waals surface area (Å²) in [5.41, 5.74) is 2.02. The number of benzene rings is 3. The van der Waals surface area contributed by atoms with Gasteiger partial charge >= 0.3 is 5.97 Å². The van der Waals surface area contributed by atoms with Crippen LogP contribution < -0.4 is 5.32 Å². The van der Waals surface area contributed by atoms with E-state index in [1.54, 1.807) is 24.3 Å². The van der Waals surface area contributed by atoms with Gasteiger partial charge in [0.2, 0.25) is 10.0 Å². The Balaban J connectivity index is 1.45. The van der Waals surface area contributed by atoms with Gasteiger partial charge < -0.3 is 10.1 Å². The number of hydrogen-bond donors (Lipinski definition) is 1. The first kappa shape index (κ1) is 21.3. The highest BCUT2D eigenvalue weighted by atomic mass is 32.2. The van der Waals surface area contributed by atoms with E-state index in [2.05, 4.69) is 29.6 Å². The van der Waals surface area contributed by atoms with Gasteiger partial charge in [-0.25, -0.2) is 8.42 Å². The Morgan fingerprint density at radius 1 is 1.06 bits per heavy atom. The number of carbonyl (C=O) groups excluding carboxylic acids is 1. The predicted octanol–water partition coefficient (Wildman–Crippen LogP) is 4.03. The molecule has 1 aliphatic rings. The molecule has 1 heterocycles. The van der Waals surface area contributed by atoms with Gasteiger partial charge in [0.15, 0.2) is 0 Å². The van der Waals surface area contributed by atoms with Crippen LogP contribution in [0.1, 0.15) is 18.4 Å². The first-order valence-electron chi connectivity index (χ1n) is 10.4. The maximum absolute atomic E-state index is 13.0. The van der Waals surface area contributed by atoms with Gasteiger partial charge in [-0.15, -0.1) is 0 Å². The molecule has 0 bridgehead atoms. The zero-order valence-electron chi connectivity index (χ0n) is 17.5. The molecular weight excluding hydrogens is 412 g/mol. The van der Waals surface area contributed by atoms with Crippen LogP contribution in [-0.2, 0) is 26.1 Å². The number of piperidine rings is 1. The molecular formula is C24H26N2O4S. The minimum atomic E-state index is -3.65. The maximum atomic E-state index is 13.0. The highest BCUT2D eigenvalue weighted by Gasteiger charge is 2.33. The molecule has 0 aromatic heterocycles. The molecule has 7 heteroatoms. The minimum absolute atomic E-state index is 0.163. The molecule has 1 unspecified atom stereocenters. The van der Waals surface area contributed by atoms with E-state index >= 15 is 0 Å². The highest BCUT2D eigenvalue weighted by Crippen LogP contribution is 2.26. The topological polar surface area (TPSA) is 75.7 Å². The zero-order chi connectivity index (χ0) is 21.8. The second-order valence-electron chi connectivity index (χ2n) is 7.74. The van der Waals surface area contributed by atoms with Gasteiger partial charge in [-0.1, -0.05) is 42.5 Å². The standard InChI is InChI=1S/C24H26N2O4S/c1-30-24(27)20-9-5-15-26(17-20)31(28,29)22-13-11-21(12-14-22)25-16-19-8-4-7-18-6-2-3-10-23(18)19/h2-4,6-8,10-14,20,25H,5,9,15-17H2,1H3. The summed E-state index contributed by atoms with van der Waals surface area (Å²) in [6.07, 6.45) is 1.29. The molecule has 3 aromatic rings. The number of nitrogens with zero attached hydrogens (tertiary/aromatic N) is 1. The van der Waals surface area contributed by atoms with E-state index in [9.17, 15) is 13.2 Å². The van der Waals surface area contributed by atoms with Crippen LogP contribution >= 0.6 is 0 Å². The largest absolute Gasteiger partial charge is 0.469 e. The molecule has 3 aromatic carbocycles. The summed E-state index contributed by atoms with van der Waals surface area (Å²) in [7, 11) is -2.32.